The van der Waals surface area contributed by atoms with Crippen LogP contribution >= 0.6 is 0 Å². The van der Waals surface area contributed by atoms with Gasteiger partial charge < -0.3 is 4.79 Å². The third-order valence-electron chi connectivity index (χ3n) is 3.67. The van der Waals surface area contributed by atoms with Crippen molar-refractivity contribution in [1.82, 2.24) is 0 Å². The smallest absolute Gasteiger partial charge is 0.302 e. The van der Waals surface area contributed by atoms with Crippen LogP contribution in [0.5, 0.6) is 0 Å². The predicted molar refractivity (Wildman–Crippen MR) is 84.3 cm³/mol. The Morgan fingerprint density at radius 1 is 1.00 bits per heavy atom. The van der Waals surface area contributed by atoms with Gasteiger partial charge in [-0.05, 0) is 17.7 Å². The van der Waals surface area contributed by atoms with E-state index in [9.17, 15) is 43.0 Å². The van der Waals surface area contributed by atoms with Gasteiger partial charge in [0.05, 0.1) is 21.0 Å². The van der Waals surface area contributed by atoms with Crippen molar-refractivity contribution in [3.05, 3.63) is 79.4 Å². The van der Waals surface area contributed by atoms with Crippen molar-refractivity contribution < 1.29 is 32.6 Å². The number of aldehydes is 1. The standard InChI is InChI=1S/C16H9F3N2O6/c17-16(18,19)10-3-6-12(14(7-10)21(26)27)15(23)13(8-22)9-1-4-11(5-2-9)20(24)25/h1-8,13H. The second-order valence-corrected chi connectivity index (χ2v) is 5.31. The zero-order chi connectivity index (χ0) is 20.4. The highest BCUT2D eigenvalue weighted by Gasteiger charge is 2.35. The number of hydrogen-bond acceptors (Lipinski definition) is 6. The monoisotopic (exact) mass is 382 g/mol. The third kappa shape index (κ3) is 4.14. The normalized spacial score (nSPS) is 12.3. The van der Waals surface area contributed by atoms with E-state index in [4.69, 9.17) is 0 Å². The van der Waals surface area contributed by atoms with E-state index in [0.717, 1.165) is 24.3 Å². The van der Waals surface area contributed by atoms with Crippen LogP contribution in [0.2, 0.25) is 0 Å². The molecule has 0 saturated heterocycles. The van der Waals surface area contributed by atoms with Crippen LogP contribution in [0.1, 0.15) is 27.4 Å². The second-order valence-electron chi connectivity index (χ2n) is 5.31. The van der Waals surface area contributed by atoms with Crippen molar-refractivity contribution in [1.29, 1.82) is 0 Å². The Labute approximate surface area is 148 Å². The number of rotatable bonds is 6. The molecule has 0 radical (unpaired) electrons. The van der Waals surface area contributed by atoms with Crippen molar-refractivity contribution >= 4 is 23.4 Å². The fourth-order valence-corrected chi connectivity index (χ4v) is 2.33. The van der Waals surface area contributed by atoms with Gasteiger partial charge in [-0.25, -0.2) is 0 Å². The molecule has 0 heterocycles. The number of carbonyl (C=O) groups excluding carboxylic acids is 2. The summed E-state index contributed by atoms with van der Waals surface area (Å²) in [6, 6.07) is 5.63. The summed E-state index contributed by atoms with van der Waals surface area (Å²) in [5, 5.41) is 21.7. The number of hydrogen-bond donors (Lipinski definition) is 0. The number of nitro groups is 2. The van der Waals surface area contributed by atoms with E-state index in [0.29, 0.717) is 12.1 Å². The lowest BCUT2D eigenvalue weighted by molar-refractivity contribution is -0.385. The minimum absolute atomic E-state index is 0.00907. The fourth-order valence-electron chi connectivity index (χ4n) is 2.33. The van der Waals surface area contributed by atoms with Gasteiger partial charge in [-0.2, -0.15) is 13.2 Å². The number of Topliss-reactive ketones (excluding diaryl/α,β-unsaturated/α-hetero) is 1. The molecule has 0 fully saturated rings. The van der Waals surface area contributed by atoms with Gasteiger partial charge in [-0.3, -0.25) is 25.0 Å². The van der Waals surface area contributed by atoms with Crippen LogP contribution < -0.4 is 0 Å². The maximum absolute atomic E-state index is 12.7. The molecule has 0 spiro atoms. The second kappa shape index (κ2) is 7.32. The van der Waals surface area contributed by atoms with Gasteiger partial charge in [-0.15, -0.1) is 0 Å². The first-order chi connectivity index (χ1) is 12.6. The van der Waals surface area contributed by atoms with Crippen LogP contribution in [0.15, 0.2) is 42.5 Å². The molecule has 0 amide bonds. The number of ketones is 1. The van der Waals surface area contributed by atoms with Gasteiger partial charge in [0.25, 0.3) is 11.4 Å². The van der Waals surface area contributed by atoms with E-state index in [1.165, 1.54) is 0 Å². The molecular weight excluding hydrogens is 373 g/mol. The van der Waals surface area contributed by atoms with Crippen LogP contribution in [0.25, 0.3) is 0 Å². The summed E-state index contributed by atoms with van der Waals surface area (Å²) in [5.41, 5.74) is -3.39. The van der Waals surface area contributed by atoms with E-state index in [-0.39, 0.29) is 23.6 Å². The minimum atomic E-state index is -4.85. The molecule has 0 aliphatic carbocycles. The third-order valence-corrected chi connectivity index (χ3v) is 3.67. The lowest BCUT2D eigenvalue weighted by Gasteiger charge is -2.12. The van der Waals surface area contributed by atoms with Crippen LogP contribution in [0, 0.1) is 20.2 Å². The summed E-state index contributed by atoms with van der Waals surface area (Å²) in [5.74, 6) is -2.67. The Bertz CT molecular complexity index is 925. The summed E-state index contributed by atoms with van der Waals surface area (Å²) in [7, 11) is 0. The molecule has 1 unspecified atom stereocenters. The van der Waals surface area contributed by atoms with Crippen LogP contribution in [0.3, 0.4) is 0 Å². The van der Waals surface area contributed by atoms with Gasteiger partial charge in [0.1, 0.15) is 12.2 Å². The summed E-state index contributed by atoms with van der Waals surface area (Å²) in [4.78, 5) is 43.8. The molecule has 2 aromatic rings. The van der Waals surface area contributed by atoms with Gasteiger partial charge in [0, 0.05) is 18.2 Å². The van der Waals surface area contributed by atoms with Crippen LogP contribution in [-0.4, -0.2) is 21.9 Å². The average molecular weight is 382 g/mol. The number of alkyl halides is 3. The Morgan fingerprint density at radius 2 is 1.59 bits per heavy atom. The number of nitro benzene ring substituents is 2. The van der Waals surface area contributed by atoms with Gasteiger partial charge in [0.2, 0.25) is 0 Å². The SMILES string of the molecule is O=CC(C(=O)c1ccc(C(F)(F)F)cc1[N+](=O)[O-])c1ccc([N+](=O)[O-])cc1. The Balaban J connectivity index is 2.49. The lowest BCUT2D eigenvalue weighted by Crippen LogP contribution is -2.17. The van der Waals surface area contributed by atoms with Gasteiger partial charge >= 0.3 is 6.18 Å². The molecule has 0 bridgehead atoms. The summed E-state index contributed by atoms with van der Waals surface area (Å²) < 4.78 is 38.2. The predicted octanol–water partition coefficient (Wildman–Crippen LogP) is 3.69. The molecule has 0 aromatic heterocycles. The van der Waals surface area contributed by atoms with Gasteiger partial charge in [0.15, 0.2) is 5.78 Å². The fraction of sp³-hybridized carbons (Fsp3) is 0.125. The minimum Gasteiger partial charge on any atom is -0.302 e. The molecule has 27 heavy (non-hydrogen) atoms. The van der Waals surface area contributed by atoms with Crippen molar-refractivity contribution in [2.75, 3.05) is 0 Å². The van der Waals surface area contributed by atoms with Gasteiger partial charge in [-0.1, -0.05) is 12.1 Å². The van der Waals surface area contributed by atoms with Crippen molar-refractivity contribution in [3.63, 3.8) is 0 Å². The molecule has 2 aromatic carbocycles. The van der Waals surface area contributed by atoms with Crippen LogP contribution in [-0.2, 0) is 11.0 Å². The molecular formula is C16H9F3N2O6. The molecule has 140 valence electrons. The highest BCUT2D eigenvalue weighted by molar-refractivity contribution is 6.11. The van der Waals surface area contributed by atoms with Crippen molar-refractivity contribution in [2.45, 2.75) is 12.1 Å². The molecule has 2 rings (SSSR count). The van der Waals surface area contributed by atoms with Crippen molar-refractivity contribution in [2.24, 2.45) is 0 Å². The summed E-state index contributed by atoms with van der Waals surface area (Å²) in [6.45, 7) is 0. The quantitative estimate of drug-likeness (QED) is 0.247. The average Bonchev–Trinajstić information content (AvgIpc) is 2.61. The molecule has 0 aliphatic heterocycles. The molecule has 0 N–H and O–H groups in total. The topological polar surface area (TPSA) is 120 Å². The Kier molecular flexibility index (Phi) is 5.34. The van der Waals surface area contributed by atoms with E-state index >= 15 is 0 Å². The van der Waals surface area contributed by atoms with Crippen LogP contribution in [0.4, 0.5) is 24.5 Å². The highest BCUT2D eigenvalue weighted by Crippen LogP contribution is 2.34. The number of carbonyl (C=O) groups is 2. The molecule has 11 heteroatoms. The van der Waals surface area contributed by atoms with E-state index < -0.39 is 44.5 Å². The first-order valence-corrected chi connectivity index (χ1v) is 7.15. The molecule has 0 saturated carbocycles. The molecule has 8 nitrogen and oxygen atoms in total. The Morgan fingerprint density at radius 3 is 2.04 bits per heavy atom. The largest absolute Gasteiger partial charge is 0.416 e. The summed E-state index contributed by atoms with van der Waals surface area (Å²) >= 11 is 0. The lowest BCUT2D eigenvalue weighted by atomic mass is 9.90. The zero-order valence-electron chi connectivity index (χ0n) is 13.2. The number of benzene rings is 2. The van der Waals surface area contributed by atoms with E-state index in [2.05, 4.69) is 0 Å². The maximum atomic E-state index is 12.7. The maximum Gasteiger partial charge on any atom is 0.416 e. The molecule has 0 aliphatic rings. The number of non-ortho nitro benzene ring substituents is 1. The zero-order valence-corrected chi connectivity index (χ0v) is 13.2. The Hall–Kier alpha value is -3.63. The van der Waals surface area contributed by atoms with E-state index in [1.54, 1.807) is 0 Å². The van der Waals surface area contributed by atoms with E-state index in [1.807, 2.05) is 0 Å². The summed E-state index contributed by atoms with van der Waals surface area (Å²) in [6.07, 6.45) is -4.69. The number of halogens is 3. The van der Waals surface area contributed by atoms with Crippen molar-refractivity contribution in [3.8, 4) is 0 Å². The first-order valence-electron chi connectivity index (χ1n) is 7.15. The highest BCUT2D eigenvalue weighted by atomic mass is 19.4. The molecule has 1 atom stereocenters. The number of nitrogens with zero attached hydrogens (tertiary/aromatic N) is 2. The first kappa shape index (κ1) is 19.7.